The molecule has 0 aromatic heterocycles. The third-order valence-corrected chi connectivity index (χ3v) is 2.87. The number of morpholine rings is 1. The molecule has 1 atom stereocenters. The van der Waals surface area contributed by atoms with E-state index in [9.17, 15) is 4.39 Å². The van der Waals surface area contributed by atoms with Crippen molar-refractivity contribution in [2.24, 2.45) is 0 Å². The zero-order chi connectivity index (χ0) is 12.1. The van der Waals surface area contributed by atoms with Crippen LogP contribution in [-0.4, -0.2) is 32.4 Å². The first-order valence-electron chi connectivity index (χ1n) is 5.91. The number of ether oxygens (including phenoxy) is 2. The summed E-state index contributed by atoms with van der Waals surface area (Å²) in [5.74, 6) is -0.203. The molecule has 0 radical (unpaired) electrons. The molecule has 0 saturated carbocycles. The minimum atomic E-state index is -0.203. The van der Waals surface area contributed by atoms with Crippen LogP contribution >= 0.6 is 0 Å². The van der Waals surface area contributed by atoms with E-state index in [-0.39, 0.29) is 11.9 Å². The normalized spacial score (nSPS) is 20.5. The summed E-state index contributed by atoms with van der Waals surface area (Å²) in [5.41, 5.74) is 1.95. The van der Waals surface area contributed by atoms with Gasteiger partial charge in [0.2, 0.25) is 0 Å². The van der Waals surface area contributed by atoms with Crippen molar-refractivity contribution in [3.63, 3.8) is 0 Å². The smallest absolute Gasteiger partial charge is 0.123 e. The lowest BCUT2D eigenvalue weighted by Crippen LogP contribution is -2.40. The Bertz CT molecular complexity index is 364. The van der Waals surface area contributed by atoms with E-state index < -0.39 is 0 Å². The Labute approximate surface area is 101 Å². The zero-order valence-electron chi connectivity index (χ0n) is 10.0. The van der Waals surface area contributed by atoms with Gasteiger partial charge in [-0.05, 0) is 30.2 Å². The maximum atomic E-state index is 12.9. The number of rotatable bonds is 4. The average Bonchev–Trinajstić information content (AvgIpc) is 2.33. The van der Waals surface area contributed by atoms with Crippen LogP contribution in [0.5, 0.6) is 0 Å². The second-order valence-electron chi connectivity index (χ2n) is 4.28. The molecule has 94 valence electrons. The summed E-state index contributed by atoms with van der Waals surface area (Å²) in [7, 11) is 0. The number of aryl methyl sites for hydroxylation is 1. The van der Waals surface area contributed by atoms with E-state index in [1.807, 2.05) is 6.92 Å². The van der Waals surface area contributed by atoms with Crippen molar-refractivity contribution in [3.8, 4) is 0 Å². The Hall–Kier alpha value is -0.970. The van der Waals surface area contributed by atoms with E-state index in [2.05, 4.69) is 5.32 Å². The molecule has 1 aromatic rings. The molecule has 1 saturated heterocycles. The van der Waals surface area contributed by atoms with Crippen LogP contribution < -0.4 is 5.32 Å². The van der Waals surface area contributed by atoms with Gasteiger partial charge in [-0.1, -0.05) is 6.07 Å². The van der Waals surface area contributed by atoms with E-state index in [4.69, 9.17) is 9.47 Å². The predicted octanol–water partition coefficient (Wildman–Crippen LogP) is 1.64. The van der Waals surface area contributed by atoms with E-state index >= 15 is 0 Å². The maximum Gasteiger partial charge on any atom is 0.123 e. The van der Waals surface area contributed by atoms with Crippen molar-refractivity contribution in [3.05, 3.63) is 35.1 Å². The lowest BCUT2D eigenvalue weighted by molar-refractivity contribution is -0.0358. The number of nitrogens with one attached hydrogen (secondary N) is 1. The highest BCUT2D eigenvalue weighted by atomic mass is 19.1. The van der Waals surface area contributed by atoms with Gasteiger partial charge < -0.3 is 14.8 Å². The van der Waals surface area contributed by atoms with E-state index in [0.717, 1.165) is 30.8 Å². The molecule has 1 fully saturated rings. The first-order chi connectivity index (χ1) is 8.25. The average molecular weight is 239 g/mol. The summed E-state index contributed by atoms with van der Waals surface area (Å²) >= 11 is 0. The van der Waals surface area contributed by atoms with Gasteiger partial charge in [0.1, 0.15) is 5.82 Å². The summed E-state index contributed by atoms with van der Waals surface area (Å²) in [6, 6.07) is 4.76. The molecule has 1 heterocycles. The standard InChI is InChI=1S/C13H18FNO2/c1-10-6-12(14)3-2-11(10)8-16-9-13-7-15-4-5-17-13/h2-3,6,13,15H,4-5,7-9H2,1H3. The first-order valence-corrected chi connectivity index (χ1v) is 5.91. The van der Waals surface area contributed by atoms with Gasteiger partial charge in [0.25, 0.3) is 0 Å². The van der Waals surface area contributed by atoms with Crippen molar-refractivity contribution >= 4 is 0 Å². The molecule has 17 heavy (non-hydrogen) atoms. The molecule has 0 aliphatic carbocycles. The number of hydrogen-bond donors (Lipinski definition) is 1. The molecule has 3 nitrogen and oxygen atoms in total. The van der Waals surface area contributed by atoms with Crippen molar-refractivity contribution in [2.75, 3.05) is 26.3 Å². The van der Waals surface area contributed by atoms with E-state index in [1.165, 1.54) is 12.1 Å². The van der Waals surface area contributed by atoms with Crippen LogP contribution in [0.4, 0.5) is 4.39 Å². The summed E-state index contributed by atoms with van der Waals surface area (Å²) in [5, 5.41) is 3.25. The molecule has 4 heteroatoms. The van der Waals surface area contributed by atoms with Gasteiger partial charge in [-0.3, -0.25) is 0 Å². The topological polar surface area (TPSA) is 30.5 Å². The number of halogens is 1. The molecule has 0 bridgehead atoms. The van der Waals surface area contributed by atoms with Crippen LogP contribution in [0.2, 0.25) is 0 Å². The minimum Gasteiger partial charge on any atom is -0.374 e. The van der Waals surface area contributed by atoms with Crippen LogP contribution in [-0.2, 0) is 16.1 Å². The molecule has 1 aliphatic rings. The van der Waals surface area contributed by atoms with Gasteiger partial charge in [-0.2, -0.15) is 0 Å². The molecule has 1 aliphatic heterocycles. The second-order valence-corrected chi connectivity index (χ2v) is 4.28. The zero-order valence-corrected chi connectivity index (χ0v) is 10.0. The van der Waals surface area contributed by atoms with Crippen LogP contribution in [0.3, 0.4) is 0 Å². The number of hydrogen-bond acceptors (Lipinski definition) is 3. The van der Waals surface area contributed by atoms with Gasteiger partial charge in [0.15, 0.2) is 0 Å². The number of benzene rings is 1. The SMILES string of the molecule is Cc1cc(F)ccc1COCC1CNCCO1. The van der Waals surface area contributed by atoms with Crippen molar-refractivity contribution in [1.82, 2.24) is 5.32 Å². The largest absolute Gasteiger partial charge is 0.374 e. The Morgan fingerprint density at radius 3 is 3.12 bits per heavy atom. The van der Waals surface area contributed by atoms with Crippen molar-refractivity contribution in [1.29, 1.82) is 0 Å². The summed E-state index contributed by atoms with van der Waals surface area (Å²) in [4.78, 5) is 0. The maximum absolute atomic E-state index is 12.9. The lowest BCUT2D eigenvalue weighted by atomic mass is 10.1. The summed E-state index contributed by atoms with van der Waals surface area (Å²) in [6.07, 6.45) is 0.129. The molecule has 1 aromatic carbocycles. The van der Waals surface area contributed by atoms with Crippen LogP contribution in [0.15, 0.2) is 18.2 Å². The van der Waals surface area contributed by atoms with Gasteiger partial charge in [0, 0.05) is 13.1 Å². The predicted molar refractivity (Wildman–Crippen MR) is 63.4 cm³/mol. The third-order valence-electron chi connectivity index (χ3n) is 2.87. The molecular weight excluding hydrogens is 221 g/mol. The summed E-state index contributed by atoms with van der Waals surface area (Å²) < 4.78 is 24.0. The van der Waals surface area contributed by atoms with E-state index in [1.54, 1.807) is 6.07 Å². The Morgan fingerprint density at radius 2 is 2.41 bits per heavy atom. The molecule has 1 N–H and O–H groups in total. The molecule has 0 spiro atoms. The molecule has 0 amide bonds. The van der Waals surface area contributed by atoms with Crippen molar-refractivity contribution in [2.45, 2.75) is 19.6 Å². The van der Waals surface area contributed by atoms with Gasteiger partial charge >= 0.3 is 0 Å². The third kappa shape index (κ3) is 3.77. The van der Waals surface area contributed by atoms with Crippen LogP contribution in [0, 0.1) is 12.7 Å². The first kappa shape index (κ1) is 12.5. The summed E-state index contributed by atoms with van der Waals surface area (Å²) in [6.45, 7) is 5.45. The highest BCUT2D eigenvalue weighted by Crippen LogP contribution is 2.11. The Kier molecular flexibility index (Phi) is 4.48. The van der Waals surface area contributed by atoms with Crippen LogP contribution in [0.1, 0.15) is 11.1 Å². The Morgan fingerprint density at radius 1 is 1.53 bits per heavy atom. The minimum absolute atomic E-state index is 0.129. The highest BCUT2D eigenvalue weighted by molar-refractivity contribution is 5.25. The lowest BCUT2D eigenvalue weighted by Gasteiger charge is -2.23. The fourth-order valence-corrected chi connectivity index (χ4v) is 1.85. The van der Waals surface area contributed by atoms with Crippen molar-refractivity contribution < 1.29 is 13.9 Å². The molecule has 1 unspecified atom stereocenters. The molecular formula is C13H18FNO2. The van der Waals surface area contributed by atoms with Crippen LogP contribution in [0.25, 0.3) is 0 Å². The van der Waals surface area contributed by atoms with Gasteiger partial charge in [-0.25, -0.2) is 4.39 Å². The second kappa shape index (κ2) is 6.10. The van der Waals surface area contributed by atoms with Gasteiger partial charge in [0.05, 0.1) is 25.9 Å². The Balaban J connectivity index is 1.77. The van der Waals surface area contributed by atoms with Gasteiger partial charge in [-0.15, -0.1) is 0 Å². The quantitative estimate of drug-likeness (QED) is 0.866. The fourth-order valence-electron chi connectivity index (χ4n) is 1.85. The monoisotopic (exact) mass is 239 g/mol. The fraction of sp³-hybridized carbons (Fsp3) is 0.538. The van der Waals surface area contributed by atoms with E-state index in [0.29, 0.717) is 13.2 Å². The molecule has 2 rings (SSSR count). The highest BCUT2D eigenvalue weighted by Gasteiger charge is 2.13.